The van der Waals surface area contributed by atoms with Crippen molar-refractivity contribution in [3.8, 4) is 5.75 Å². The normalized spacial score (nSPS) is 12.0. The molecule has 0 aromatic heterocycles. The fourth-order valence-electron chi connectivity index (χ4n) is 1.46. The third kappa shape index (κ3) is 2.81. The Morgan fingerprint density at radius 1 is 1.12 bits per heavy atom. The van der Waals surface area contributed by atoms with Gasteiger partial charge in [-0.2, -0.15) is 0 Å². The van der Waals surface area contributed by atoms with Crippen LogP contribution in [0.1, 0.15) is 13.8 Å². The molecule has 0 fully saturated rings. The third-order valence-electron chi connectivity index (χ3n) is 2.21. The fraction of sp³-hybridized carbons (Fsp3) is 0.500. The maximum absolute atomic E-state index is 14.1. The smallest absolute Gasteiger partial charge is 0.190 e. The molecule has 0 aliphatic heterocycles. The van der Waals surface area contributed by atoms with Crippen LogP contribution in [0.25, 0.3) is 0 Å². The molecule has 0 saturated heterocycles. The van der Waals surface area contributed by atoms with Crippen LogP contribution >= 0.6 is 0 Å². The van der Waals surface area contributed by atoms with Crippen molar-refractivity contribution in [1.82, 2.24) is 0 Å². The van der Waals surface area contributed by atoms with Crippen molar-refractivity contribution in [2.75, 3.05) is 0 Å². The van der Waals surface area contributed by atoms with Gasteiger partial charge in [-0.3, -0.25) is 0 Å². The number of ether oxygens (including phenoxy) is 1. The number of rotatable bonds is 3. The van der Waals surface area contributed by atoms with Gasteiger partial charge in [0, 0.05) is 0 Å². The van der Waals surface area contributed by atoms with Crippen molar-refractivity contribution in [2.45, 2.75) is 39.6 Å². The van der Waals surface area contributed by atoms with E-state index in [1.807, 2.05) is 19.6 Å². The molecule has 1 nitrogen and oxygen atoms in total. The van der Waals surface area contributed by atoms with E-state index in [-0.39, 0.29) is 11.9 Å². The van der Waals surface area contributed by atoms with Crippen molar-refractivity contribution in [2.24, 2.45) is 0 Å². The van der Waals surface area contributed by atoms with Gasteiger partial charge in [0.05, 0.1) is 14.2 Å². The summed E-state index contributed by atoms with van der Waals surface area (Å²) in [5.41, 5.74) is 0. The predicted molar refractivity (Wildman–Crippen MR) is 65.1 cm³/mol. The van der Waals surface area contributed by atoms with Crippen LogP contribution in [0, 0.1) is 11.6 Å². The highest BCUT2D eigenvalue weighted by atomic mass is 28.3. The third-order valence-corrected chi connectivity index (χ3v) is 4.21. The summed E-state index contributed by atoms with van der Waals surface area (Å²) < 4.78 is 32.7. The topological polar surface area (TPSA) is 9.23 Å². The summed E-state index contributed by atoms with van der Waals surface area (Å²) in [6.45, 7) is 9.55. The van der Waals surface area contributed by atoms with Gasteiger partial charge in [-0.25, -0.2) is 8.78 Å². The van der Waals surface area contributed by atoms with Gasteiger partial charge < -0.3 is 4.74 Å². The predicted octanol–water partition coefficient (Wildman–Crippen LogP) is 3.30. The van der Waals surface area contributed by atoms with Gasteiger partial charge in [-0.15, -0.1) is 0 Å². The van der Waals surface area contributed by atoms with Crippen LogP contribution in [-0.4, -0.2) is 14.2 Å². The van der Waals surface area contributed by atoms with E-state index in [0.717, 1.165) is 0 Å². The van der Waals surface area contributed by atoms with Crippen molar-refractivity contribution < 1.29 is 13.5 Å². The molecule has 0 amide bonds. The molecular weight excluding hydrogens is 226 g/mol. The average molecular weight is 244 g/mol. The molecule has 1 rings (SSSR count). The Morgan fingerprint density at radius 2 is 1.69 bits per heavy atom. The minimum Gasteiger partial charge on any atom is -0.485 e. The lowest BCUT2D eigenvalue weighted by atomic mass is 10.3. The van der Waals surface area contributed by atoms with Gasteiger partial charge >= 0.3 is 0 Å². The van der Waals surface area contributed by atoms with E-state index >= 15 is 0 Å². The highest BCUT2D eigenvalue weighted by molar-refractivity contribution is 6.88. The van der Waals surface area contributed by atoms with Crippen LogP contribution in [0.15, 0.2) is 12.1 Å². The first-order chi connectivity index (χ1) is 7.23. The first-order valence-electron chi connectivity index (χ1n) is 5.38. The Balaban J connectivity index is 3.27. The minimum atomic E-state index is -1.80. The number of halogens is 2. The van der Waals surface area contributed by atoms with Gasteiger partial charge in [0.15, 0.2) is 17.4 Å². The molecule has 0 radical (unpaired) electrons. The molecule has 0 N–H and O–H groups in total. The minimum absolute atomic E-state index is 0.235. The van der Waals surface area contributed by atoms with E-state index in [2.05, 4.69) is 0 Å². The first kappa shape index (κ1) is 13.2. The van der Waals surface area contributed by atoms with Crippen molar-refractivity contribution in [3.05, 3.63) is 23.8 Å². The van der Waals surface area contributed by atoms with E-state index in [1.165, 1.54) is 12.1 Å². The number of benzene rings is 1. The molecular formula is C12H18F2OSi. The molecule has 0 bridgehead atoms. The lowest BCUT2D eigenvalue weighted by Gasteiger charge is -2.20. The largest absolute Gasteiger partial charge is 0.485 e. The van der Waals surface area contributed by atoms with Crippen molar-refractivity contribution in [1.29, 1.82) is 0 Å². The quantitative estimate of drug-likeness (QED) is 0.741. The van der Waals surface area contributed by atoms with E-state index in [4.69, 9.17) is 4.74 Å². The Kier molecular flexibility index (Phi) is 3.73. The molecule has 0 aliphatic carbocycles. The summed E-state index contributed by atoms with van der Waals surface area (Å²) in [5, 5.41) is 0.601. The monoisotopic (exact) mass is 244 g/mol. The number of hydrogen-bond donors (Lipinski definition) is 0. The molecule has 0 spiro atoms. The standard InChI is InChI=1S/C12H18F2OSi/c1-8(2)15-12-9(13)6-7-10(11(12)14)16(3,4)5/h6-8H,1-5H3. The van der Waals surface area contributed by atoms with Crippen LogP contribution < -0.4 is 9.92 Å². The van der Waals surface area contributed by atoms with E-state index in [9.17, 15) is 8.78 Å². The molecule has 1 aromatic rings. The van der Waals surface area contributed by atoms with Gasteiger partial charge in [-0.05, 0) is 25.1 Å². The zero-order valence-electron chi connectivity index (χ0n) is 10.4. The highest BCUT2D eigenvalue weighted by Crippen LogP contribution is 2.23. The fourth-order valence-corrected chi connectivity index (χ4v) is 2.81. The Labute approximate surface area is 96.4 Å². The summed E-state index contributed by atoms with van der Waals surface area (Å²) in [6, 6.07) is 2.82. The van der Waals surface area contributed by atoms with Crippen LogP contribution in [0.5, 0.6) is 5.75 Å². The average Bonchev–Trinajstić information content (AvgIpc) is 2.09. The second-order valence-electron chi connectivity index (χ2n) is 5.15. The summed E-state index contributed by atoms with van der Waals surface area (Å²) in [7, 11) is -1.80. The van der Waals surface area contributed by atoms with Gasteiger partial charge in [-0.1, -0.05) is 25.7 Å². The van der Waals surface area contributed by atoms with E-state index < -0.39 is 19.7 Å². The molecule has 4 heteroatoms. The Morgan fingerprint density at radius 3 is 2.12 bits per heavy atom. The second kappa shape index (κ2) is 4.53. The summed E-state index contributed by atoms with van der Waals surface area (Å²) in [4.78, 5) is 0. The van der Waals surface area contributed by atoms with Gasteiger partial charge in [0.1, 0.15) is 0 Å². The zero-order chi connectivity index (χ0) is 12.5. The lowest BCUT2D eigenvalue weighted by Crippen LogP contribution is -2.40. The molecule has 0 unspecified atom stereocenters. The lowest BCUT2D eigenvalue weighted by molar-refractivity contribution is 0.220. The summed E-state index contributed by atoms with van der Waals surface area (Å²) >= 11 is 0. The van der Waals surface area contributed by atoms with E-state index in [1.54, 1.807) is 13.8 Å². The zero-order valence-corrected chi connectivity index (χ0v) is 11.4. The molecule has 0 aliphatic rings. The van der Waals surface area contributed by atoms with Gasteiger partial charge in [0.2, 0.25) is 0 Å². The second-order valence-corrected chi connectivity index (χ2v) is 10.2. The maximum atomic E-state index is 14.1. The molecule has 90 valence electrons. The molecule has 0 heterocycles. The summed E-state index contributed by atoms with van der Waals surface area (Å²) in [5.74, 6) is -1.41. The van der Waals surface area contributed by atoms with Gasteiger partial charge in [0.25, 0.3) is 0 Å². The van der Waals surface area contributed by atoms with Crippen LogP contribution in [-0.2, 0) is 0 Å². The first-order valence-corrected chi connectivity index (χ1v) is 8.88. The molecule has 16 heavy (non-hydrogen) atoms. The van der Waals surface area contributed by atoms with Crippen molar-refractivity contribution in [3.63, 3.8) is 0 Å². The number of hydrogen-bond acceptors (Lipinski definition) is 1. The SMILES string of the molecule is CC(C)Oc1c(F)ccc([Si](C)(C)C)c1F. The van der Waals surface area contributed by atoms with Crippen molar-refractivity contribution >= 4 is 13.3 Å². The molecule has 0 saturated carbocycles. The highest BCUT2D eigenvalue weighted by Gasteiger charge is 2.25. The Bertz CT molecular complexity index is 383. The van der Waals surface area contributed by atoms with Crippen LogP contribution in [0.2, 0.25) is 19.6 Å². The maximum Gasteiger partial charge on any atom is 0.190 e. The molecule has 1 aromatic carbocycles. The Hall–Kier alpha value is -0.903. The molecule has 0 atom stereocenters. The summed E-state index contributed by atoms with van der Waals surface area (Å²) in [6.07, 6.45) is -0.235. The van der Waals surface area contributed by atoms with E-state index in [0.29, 0.717) is 5.19 Å². The van der Waals surface area contributed by atoms with Crippen LogP contribution in [0.4, 0.5) is 8.78 Å². The van der Waals surface area contributed by atoms with Crippen LogP contribution in [0.3, 0.4) is 0 Å².